The van der Waals surface area contributed by atoms with Gasteiger partial charge < -0.3 is 15.4 Å². The number of hydrogen-bond donors (Lipinski definition) is 1. The molecule has 5 heteroatoms. The van der Waals surface area contributed by atoms with Crippen LogP contribution >= 0.6 is 11.6 Å². The van der Waals surface area contributed by atoms with Crippen molar-refractivity contribution in [1.82, 2.24) is 0 Å². The Balaban J connectivity index is 1.98. The van der Waals surface area contributed by atoms with Gasteiger partial charge in [0, 0.05) is 17.3 Å². The molecule has 2 aliphatic heterocycles. The summed E-state index contributed by atoms with van der Waals surface area (Å²) < 4.78 is 5.63. The van der Waals surface area contributed by atoms with Gasteiger partial charge in [-0.3, -0.25) is 4.99 Å². The number of nitrogens with zero attached hydrogens (tertiary/aromatic N) is 2. The summed E-state index contributed by atoms with van der Waals surface area (Å²) in [4.78, 5) is 6.48. The van der Waals surface area contributed by atoms with Gasteiger partial charge >= 0.3 is 0 Å². The van der Waals surface area contributed by atoms with Gasteiger partial charge in [0.05, 0.1) is 18.7 Å². The Labute approximate surface area is 111 Å². The van der Waals surface area contributed by atoms with Crippen LogP contribution in [0.5, 0.6) is 0 Å². The first-order valence-electron chi connectivity index (χ1n) is 6.15. The van der Waals surface area contributed by atoms with Gasteiger partial charge in [0.1, 0.15) is 0 Å². The summed E-state index contributed by atoms with van der Waals surface area (Å²) in [5, 5.41) is 0.707. The van der Waals surface area contributed by atoms with Crippen molar-refractivity contribution in [2.45, 2.75) is 18.4 Å². The van der Waals surface area contributed by atoms with Crippen molar-refractivity contribution >= 4 is 23.2 Å². The molecule has 1 spiro atoms. The maximum atomic E-state index is 6.06. The molecule has 0 saturated carbocycles. The zero-order valence-electron chi connectivity index (χ0n) is 10.1. The van der Waals surface area contributed by atoms with Gasteiger partial charge in [-0.25, -0.2) is 0 Å². The van der Waals surface area contributed by atoms with E-state index in [1.165, 1.54) is 0 Å². The predicted octanol–water partition coefficient (Wildman–Crippen LogP) is 2.02. The zero-order chi connectivity index (χ0) is 12.6. The highest BCUT2D eigenvalue weighted by Crippen LogP contribution is 2.35. The van der Waals surface area contributed by atoms with Crippen LogP contribution in [0, 0.1) is 0 Å². The van der Waals surface area contributed by atoms with Gasteiger partial charge in [0.2, 0.25) is 0 Å². The molecule has 2 N–H and O–H groups in total. The number of nitrogens with two attached hydrogens (primary N) is 1. The number of rotatable bonds is 1. The van der Waals surface area contributed by atoms with Crippen LogP contribution in [0.1, 0.15) is 12.8 Å². The number of guanidine groups is 1. The second kappa shape index (κ2) is 4.44. The van der Waals surface area contributed by atoms with Crippen LogP contribution in [0.25, 0.3) is 0 Å². The van der Waals surface area contributed by atoms with E-state index in [9.17, 15) is 0 Å². The van der Waals surface area contributed by atoms with E-state index in [0.717, 1.165) is 25.1 Å². The molecule has 1 aromatic rings. The van der Waals surface area contributed by atoms with E-state index in [1.807, 2.05) is 24.3 Å². The Morgan fingerprint density at radius 2 is 2.33 bits per heavy atom. The summed E-state index contributed by atoms with van der Waals surface area (Å²) in [6.07, 6.45) is 2.09. The maximum absolute atomic E-state index is 6.06. The summed E-state index contributed by atoms with van der Waals surface area (Å²) in [5.74, 6) is 0.558. The fourth-order valence-corrected chi connectivity index (χ4v) is 2.96. The van der Waals surface area contributed by atoms with Crippen LogP contribution in [0.3, 0.4) is 0 Å². The first-order valence-corrected chi connectivity index (χ1v) is 6.53. The third kappa shape index (κ3) is 1.85. The minimum atomic E-state index is -0.118. The topological polar surface area (TPSA) is 50.9 Å². The predicted molar refractivity (Wildman–Crippen MR) is 73.2 cm³/mol. The molecule has 0 bridgehead atoms. The van der Waals surface area contributed by atoms with Crippen molar-refractivity contribution in [1.29, 1.82) is 0 Å². The number of ether oxygens (including phenoxy) is 1. The molecule has 0 aliphatic carbocycles. The average Bonchev–Trinajstić information content (AvgIpc) is 2.67. The largest absolute Gasteiger partial charge is 0.379 e. The Hall–Kier alpha value is -1.26. The molecule has 1 unspecified atom stereocenters. The normalized spacial score (nSPS) is 27.6. The van der Waals surface area contributed by atoms with E-state index in [-0.39, 0.29) is 5.54 Å². The van der Waals surface area contributed by atoms with Gasteiger partial charge in [-0.05, 0) is 31.0 Å². The molecule has 0 aromatic heterocycles. The van der Waals surface area contributed by atoms with E-state index >= 15 is 0 Å². The molecule has 1 atom stereocenters. The minimum Gasteiger partial charge on any atom is -0.379 e. The Kier molecular flexibility index (Phi) is 2.92. The van der Waals surface area contributed by atoms with Gasteiger partial charge in [0.15, 0.2) is 5.96 Å². The highest BCUT2D eigenvalue weighted by atomic mass is 35.5. The molecule has 0 amide bonds. The SMILES string of the molecule is NC1=NCC2(CCCOC2)N1c1cccc(Cl)c1. The third-order valence-electron chi connectivity index (χ3n) is 3.61. The standard InChI is InChI=1S/C13H16ClN3O/c14-10-3-1-4-11(7-10)17-12(15)16-8-13(17)5-2-6-18-9-13/h1,3-4,7H,2,5-6,8-9H2,(H2,15,16). The lowest BCUT2D eigenvalue weighted by Gasteiger charge is -2.41. The Morgan fingerprint density at radius 3 is 3.06 bits per heavy atom. The summed E-state index contributed by atoms with van der Waals surface area (Å²) in [6.45, 7) is 2.19. The Morgan fingerprint density at radius 1 is 1.44 bits per heavy atom. The number of aliphatic imine (C=N–C) groups is 1. The van der Waals surface area contributed by atoms with Crippen molar-refractivity contribution in [3.63, 3.8) is 0 Å². The van der Waals surface area contributed by atoms with E-state index < -0.39 is 0 Å². The molecule has 0 radical (unpaired) electrons. The third-order valence-corrected chi connectivity index (χ3v) is 3.84. The van der Waals surface area contributed by atoms with Crippen molar-refractivity contribution < 1.29 is 4.74 Å². The molecule has 1 saturated heterocycles. The van der Waals surface area contributed by atoms with Crippen molar-refractivity contribution in [2.24, 2.45) is 10.7 Å². The fourth-order valence-electron chi connectivity index (χ4n) is 2.77. The highest BCUT2D eigenvalue weighted by molar-refractivity contribution is 6.31. The van der Waals surface area contributed by atoms with Gasteiger partial charge in [-0.1, -0.05) is 17.7 Å². The molecule has 4 nitrogen and oxygen atoms in total. The van der Waals surface area contributed by atoms with Crippen molar-refractivity contribution in [2.75, 3.05) is 24.7 Å². The summed E-state index contributed by atoms with van der Waals surface area (Å²) in [6, 6.07) is 7.72. The van der Waals surface area contributed by atoms with E-state index in [2.05, 4.69) is 9.89 Å². The number of hydrogen-bond acceptors (Lipinski definition) is 4. The molecule has 3 rings (SSSR count). The minimum absolute atomic E-state index is 0.118. The first kappa shape index (κ1) is 11.8. The second-order valence-corrected chi connectivity index (χ2v) is 5.31. The van der Waals surface area contributed by atoms with E-state index in [1.54, 1.807) is 0 Å². The second-order valence-electron chi connectivity index (χ2n) is 4.87. The molecular weight excluding hydrogens is 250 g/mol. The van der Waals surface area contributed by atoms with E-state index in [0.29, 0.717) is 24.1 Å². The van der Waals surface area contributed by atoms with Crippen LogP contribution in [-0.2, 0) is 4.74 Å². The quantitative estimate of drug-likeness (QED) is 0.845. The number of anilines is 1. The van der Waals surface area contributed by atoms with Crippen LogP contribution in [0.2, 0.25) is 5.02 Å². The van der Waals surface area contributed by atoms with Crippen molar-refractivity contribution in [3.05, 3.63) is 29.3 Å². The maximum Gasteiger partial charge on any atom is 0.196 e. The molecular formula is C13H16ClN3O. The van der Waals surface area contributed by atoms with Crippen LogP contribution < -0.4 is 10.6 Å². The van der Waals surface area contributed by atoms with Gasteiger partial charge in [0.25, 0.3) is 0 Å². The van der Waals surface area contributed by atoms with Crippen molar-refractivity contribution in [3.8, 4) is 0 Å². The number of benzene rings is 1. The molecule has 18 heavy (non-hydrogen) atoms. The molecule has 2 aliphatic rings. The Bertz CT molecular complexity index is 483. The van der Waals surface area contributed by atoms with Gasteiger partial charge in [-0.2, -0.15) is 0 Å². The molecule has 2 heterocycles. The first-order chi connectivity index (χ1) is 8.71. The summed E-state index contributed by atoms with van der Waals surface area (Å²) >= 11 is 6.06. The van der Waals surface area contributed by atoms with Gasteiger partial charge in [-0.15, -0.1) is 0 Å². The fraction of sp³-hybridized carbons (Fsp3) is 0.462. The van der Waals surface area contributed by atoms with Crippen LogP contribution in [-0.4, -0.2) is 31.3 Å². The van der Waals surface area contributed by atoms with E-state index in [4.69, 9.17) is 22.1 Å². The molecule has 96 valence electrons. The molecule has 1 fully saturated rings. The van der Waals surface area contributed by atoms with Crippen LogP contribution in [0.4, 0.5) is 5.69 Å². The summed E-state index contributed by atoms with van der Waals surface area (Å²) in [5.41, 5.74) is 6.92. The lowest BCUT2D eigenvalue weighted by Crippen LogP contribution is -2.56. The highest BCUT2D eigenvalue weighted by Gasteiger charge is 2.44. The smallest absolute Gasteiger partial charge is 0.196 e. The molecule has 1 aromatic carbocycles. The number of halogens is 1. The monoisotopic (exact) mass is 265 g/mol. The lowest BCUT2D eigenvalue weighted by atomic mass is 9.91. The average molecular weight is 266 g/mol. The lowest BCUT2D eigenvalue weighted by molar-refractivity contribution is 0.0459. The zero-order valence-corrected chi connectivity index (χ0v) is 10.9. The van der Waals surface area contributed by atoms with Crippen LogP contribution in [0.15, 0.2) is 29.3 Å². The summed E-state index contributed by atoms with van der Waals surface area (Å²) in [7, 11) is 0.